The number of ether oxygens (including phenoxy) is 1. The first-order chi connectivity index (χ1) is 9.87. The average Bonchev–Trinajstić information content (AvgIpc) is 2.42. The molecule has 0 spiro atoms. The van der Waals surface area contributed by atoms with Gasteiger partial charge in [-0.15, -0.1) is 0 Å². The van der Waals surface area contributed by atoms with E-state index in [9.17, 15) is 13.2 Å². The van der Waals surface area contributed by atoms with Crippen LogP contribution in [0.25, 0.3) is 0 Å². The van der Waals surface area contributed by atoms with Crippen LogP contribution >= 0.6 is 15.9 Å². The quantitative estimate of drug-likeness (QED) is 0.817. The molecule has 0 saturated carbocycles. The molecule has 0 atom stereocenters. The maximum atomic E-state index is 12.3. The summed E-state index contributed by atoms with van der Waals surface area (Å²) in [5.41, 5.74) is -0.209. The average molecular weight is 376 g/mol. The summed E-state index contributed by atoms with van der Waals surface area (Å²) in [5.74, 6) is -0.403. The number of esters is 1. The first-order valence-corrected chi connectivity index (χ1v) is 9.40. The third-order valence-electron chi connectivity index (χ3n) is 3.55. The largest absolute Gasteiger partial charge is 0.464 e. The van der Waals surface area contributed by atoms with Crippen molar-refractivity contribution in [2.45, 2.75) is 25.3 Å². The van der Waals surface area contributed by atoms with E-state index in [2.05, 4.69) is 21.2 Å². The van der Waals surface area contributed by atoms with Crippen molar-refractivity contribution in [2.24, 2.45) is 0 Å². The normalized spacial score (nSPS) is 19.7. The predicted octanol–water partition coefficient (Wildman–Crippen LogP) is 2.37. The summed E-state index contributed by atoms with van der Waals surface area (Å²) in [5, 5.41) is 3.19. The lowest BCUT2D eigenvalue weighted by Crippen LogP contribution is -2.52. The summed E-state index contributed by atoms with van der Waals surface area (Å²) in [4.78, 5) is 12.3. The van der Waals surface area contributed by atoms with Crippen molar-refractivity contribution in [1.82, 2.24) is 0 Å². The van der Waals surface area contributed by atoms with E-state index in [1.165, 1.54) is 0 Å². The lowest BCUT2D eigenvalue weighted by Gasteiger charge is -2.36. The molecule has 0 aromatic heterocycles. The summed E-state index contributed by atoms with van der Waals surface area (Å²) in [6.45, 7) is 2.01. The molecule has 1 fully saturated rings. The monoisotopic (exact) mass is 375 g/mol. The van der Waals surface area contributed by atoms with E-state index >= 15 is 0 Å². The van der Waals surface area contributed by atoms with Gasteiger partial charge in [-0.1, -0.05) is 22.0 Å². The summed E-state index contributed by atoms with van der Waals surface area (Å²) >= 11 is 3.38. The maximum absolute atomic E-state index is 12.3. The van der Waals surface area contributed by atoms with E-state index in [-0.39, 0.29) is 36.9 Å². The number of anilines is 1. The molecular weight excluding hydrogens is 358 g/mol. The van der Waals surface area contributed by atoms with Crippen LogP contribution in [-0.4, -0.2) is 38.0 Å². The highest BCUT2D eigenvalue weighted by molar-refractivity contribution is 9.10. The summed E-state index contributed by atoms with van der Waals surface area (Å²) in [6.07, 6.45) is 0.446. The van der Waals surface area contributed by atoms with Crippen LogP contribution < -0.4 is 5.32 Å². The highest BCUT2D eigenvalue weighted by Crippen LogP contribution is 2.30. The minimum atomic E-state index is -3.06. The van der Waals surface area contributed by atoms with Gasteiger partial charge in [0.05, 0.1) is 18.1 Å². The number of hydrogen-bond donors (Lipinski definition) is 1. The first-order valence-electron chi connectivity index (χ1n) is 6.78. The molecule has 1 heterocycles. The molecule has 5 nitrogen and oxygen atoms in total. The molecule has 0 radical (unpaired) electrons. The van der Waals surface area contributed by atoms with E-state index in [0.717, 1.165) is 10.2 Å². The van der Waals surface area contributed by atoms with Crippen LogP contribution in [0.2, 0.25) is 0 Å². The number of rotatable bonds is 4. The van der Waals surface area contributed by atoms with E-state index in [1.54, 1.807) is 6.92 Å². The molecule has 1 aromatic carbocycles. The van der Waals surface area contributed by atoms with E-state index in [4.69, 9.17) is 4.74 Å². The lowest BCUT2D eigenvalue weighted by molar-refractivity contribution is -0.148. The predicted molar refractivity (Wildman–Crippen MR) is 85.0 cm³/mol. The fourth-order valence-electron chi connectivity index (χ4n) is 2.38. The molecule has 1 saturated heterocycles. The van der Waals surface area contributed by atoms with Crippen LogP contribution in [0.5, 0.6) is 0 Å². The number of nitrogens with one attached hydrogen (secondary N) is 1. The van der Waals surface area contributed by atoms with E-state index < -0.39 is 15.4 Å². The zero-order valence-corrected chi connectivity index (χ0v) is 14.2. The Kier molecular flexibility index (Phi) is 4.93. The molecule has 1 N–H and O–H groups in total. The van der Waals surface area contributed by atoms with Crippen LogP contribution in [0.4, 0.5) is 5.69 Å². The number of carbonyl (C=O) groups is 1. The van der Waals surface area contributed by atoms with Gasteiger partial charge in [0.2, 0.25) is 0 Å². The van der Waals surface area contributed by atoms with Crippen molar-refractivity contribution < 1.29 is 17.9 Å². The van der Waals surface area contributed by atoms with Crippen LogP contribution in [0.1, 0.15) is 19.8 Å². The second kappa shape index (κ2) is 6.36. The standard InChI is InChI=1S/C14H18BrNO4S/c1-2-20-13(17)14(6-8-21(18,19)9-7-14)16-12-5-3-4-11(15)10-12/h3-5,10,16H,2,6-9H2,1H3. The van der Waals surface area contributed by atoms with Gasteiger partial charge in [-0.05, 0) is 38.0 Å². The molecule has 1 aliphatic rings. The Morgan fingerprint density at radius 3 is 2.62 bits per heavy atom. The van der Waals surface area contributed by atoms with Crippen molar-refractivity contribution in [2.75, 3.05) is 23.4 Å². The first kappa shape index (κ1) is 16.3. The maximum Gasteiger partial charge on any atom is 0.331 e. The van der Waals surface area contributed by atoms with Gasteiger partial charge in [-0.2, -0.15) is 0 Å². The van der Waals surface area contributed by atoms with Crippen LogP contribution in [0.3, 0.4) is 0 Å². The highest BCUT2D eigenvalue weighted by Gasteiger charge is 2.44. The number of sulfone groups is 1. The van der Waals surface area contributed by atoms with Gasteiger partial charge >= 0.3 is 5.97 Å². The van der Waals surface area contributed by atoms with Gasteiger partial charge in [0.1, 0.15) is 5.54 Å². The number of benzene rings is 1. The Hall–Kier alpha value is -1.08. The zero-order chi connectivity index (χ0) is 15.5. The van der Waals surface area contributed by atoms with Gasteiger partial charge in [-0.25, -0.2) is 13.2 Å². The number of halogens is 1. The Morgan fingerprint density at radius 2 is 2.05 bits per heavy atom. The van der Waals surface area contributed by atoms with Gasteiger partial charge in [-0.3, -0.25) is 0 Å². The van der Waals surface area contributed by atoms with Gasteiger partial charge in [0.15, 0.2) is 9.84 Å². The SMILES string of the molecule is CCOC(=O)C1(Nc2cccc(Br)c2)CCS(=O)(=O)CC1. The topological polar surface area (TPSA) is 72.5 Å². The second-order valence-electron chi connectivity index (χ2n) is 5.09. The lowest BCUT2D eigenvalue weighted by atomic mass is 9.91. The minimum absolute atomic E-state index is 0.00713. The van der Waals surface area contributed by atoms with Crippen molar-refractivity contribution in [1.29, 1.82) is 0 Å². The molecule has 0 aliphatic carbocycles. The molecule has 7 heteroatoms. The van der Waals surface area contributed by atoms with Gasteiger partial charge in [0.25, 0.3) is 0 Å². The summed E-state index contributed by atoms with van der Waals surface area (Å²) in [7, 11) is -3.06. The van der Waals surface area contributed by atoms with Gasteiger partial charge < -0.3 is 10.1 Å². The summed E-state index contributed by atoms with van der Waals surface area (Å²) in [6, 6.07) is 7.43. The molecule has 0 amide bonds. The fraction of sp³-hybridized carbons (Fsp3) is 0.500. The van der Waals surface area contributed by atoms with Crippen molar-refractivity contribution in [3.63, 3.8) is 0 Å². The van der Waals surface area contributed by atoms with Crippen LogP contribution in [0, 0.1) is 0 Å². The Labute approximate surface area is 133 Å². The molecule has 0 unspecified atom stereocenters. The van der Waals surface area contributed by atoms with Crippen LogP contribution in [-0.2, 0) is 19.4 Å². The third-order valence-corrected chi connectivity index (χ3v) is 5.70. The van der Waals surface area contributed by atoms with Crippen molar-refractivity contribution >= 4 is 37.4 Å². The minimum Gasteiger partial charge on any atom is -0.464 e. The van der Waals surface area contributed by atoms with Crippen molar-refractivity contribution in [3.05, 3.63) is 28.7 Å². The molecule has 1 aromatic rings. The molecule has 21 heavy (non-hydrogen) atoms. The molecule has 2 rings (SSSR count). The smallest absolute Gasteiger partial charge is 0.331 e. The fourth-order valence-corrected chi connectivity index (χ4v) is 4.30. The summed E-state index contributed by atoms with van der Waals surface area (Å²) < 4.78 is 29.3. The Bertz CT molecular complexity index is 616. The molecule has 116 valence electrons. The molecule has 1 aliphatic heterocycles. The van der Waals surface area contributed by atoms with Gasteiger partial charge in [0, 0.05) is 10.2 Å². The van der Waals surface area contributed by atoms with Crippen molar-refractivity contribution in [3.8, 4) is 0 Å². The van der Waals surface area contributed by atoms with Crippen LogP contribution in [0.15, 0.2) is 28.7 Å². The Balaban J connectivity index is 2.26. The second-order valence-corrected chi connectivity index (χ2v) is 8.31. The molecule has 0 bridgehead atoms. The Morgan fingerprint density at radius 1 is 1.38 bits per heavy atom. The number of carbonyl (C=O) groups excluding carboxylic acids is 1. The zero-order valence-electron chi connectivity index (χ0n) is 11.8. The highest BCUT2D eigenvalue weighted by atomic mass is 79.9. The van der Waals surface area contributed by atoms with E-state index in [0.29, 0.717) is 0 Å². The molecular formula is C14H18BrNO4S. The van der Waals surface area contributed by atoms with E-state index in [1.807, 2.05) is 24.3 Å². The number of hydrogen-bond acceptors (Lipinski definition) is 5. The third kappa shape index (κ3) is 3.97.